The molecular weight excluding hydrogens is 306 g/mol. The summed E-state index contributed by atoms with van der Waals surface area (Å²) >= 11 is 0. The Kier molecular flexibility index (Phi) is 5.81. The molecule has 0 aromatic carbocycles. The molecule has 0 spiro atoms. The average molecular weight is 331 g/mol. The Bertz CT molecular complexity index is 714. The number of carbonyl (C=O) groups is 2. The molecule has 7 nitrogen and oxygen atoms in total. The molecule has 0 fully saturated rings. The van der Waals surface area contributed by atoms with Gasteiger partial charge in [-0.15, -0.1) is 0 Å². The Balaban J connectivity index is 1.94. The summed E-state index contributed by atoms with van der Waals surface area (Å²) in [5, 5.41) is 5.67. The SMILES string of the molecule is CN(C)CCCC(=O)Nc1cc(C(=O)Nc2ccn(C)c2)n(C)c1. The number of nitrogens with one attached hydrogen (secondary N) is 2. The molecule has 0 unspecified atom stereocenters. The van der Waals surface area contributed by atoms with Crippen LogP contribution in [0.15, 0.2) is 30.7 Å². The minimum Gasteiger partial charge on any atom is -0.355 e. The number of hydrogen-bond acceptors (Lipinski definition) is 3. The summed E-state index contributed by atoms with van der Waals surface area (Å²) < 4.78 is 3.56. The van der Waals surface area contributed by atoms with Crippen LogP contribution in [0, 0.1) is 0 Å². The lowest BCUT2D eigenvalue weighted by Gasteiger charge is -2.08. The predicted molar refractivity (Wildman–Crippen MR) is 95.2 cm³/mol. The first-order chi connectivity index (χ1) is 11.3. The highest BCUT2D eigenvalue weighted by Gasteiger charge is 2.14. The van der Waals surface area contributed by atoms with Crippen molar-refractivity contribution in [1.29, 1.82) is 0 Å². The fourth-order valence-electron chi connectivity index (χ4n) is 2.41. The number of rotatable bonds is 7. The maximum absolute atomic E-state index is 12.3. The molecule has 2 rings (SSSR count). The number of anilines is 2. The van der Waals surface area contributed by atoms with Crippen LogP contribution in [0.25, 0.3) is 0 Å². The summed E-state index contributed by atoms with van der Waals surface area (Å²) in [4.78, 5) is 26.3. The van der Waals surface area contributed by atoms with Crippen LogP contribution in [-0.4, -0.2) is 46.5 Å². The Hall–Kier alpha value is -2.54. The van der Waals surface area contributed by atoms with Crippen LogP contribution in [0.3, 0.4) is 0 Å². The molecule has 0 saturated heterocycles. The normalized spacial score (nSPS) is 10.9. The monoisotopic (exact) mass is 331 g/mol. The van der Waals surface area contributed by atoms with E-state index in [2.05, 4.69) is 10.6 Å². The van der Waals surface area contributed by atoms with Crippen LogP contribution in [0.5, 0.6) is 0 Å². The van der Waals surface area contributed by atoms with Gasteiger partial charge in [0.25, 0.3) is 5.91 Å². The zero-order chi connectivity index (χ0) is 17.7. The number of aryl methyl sites for hydroxylation is 2. The van der Waals surface area contributed by atoms with Gasteiger partial charge in [0.1, 0.15) is 5.69 Å². The Morgan fingerprint density at radius 2 is 1.88 bits per heavy atom. The highest BCUT2D eigenvalue weighted by molar-refractivity contribution is 6.04. The molecule has 2 aromatic rings. The molecule has 0 bridgehead atoms. The quantitative estimate of drug-likeness (QED) is 0.814. The average Bonchev–Trinajstić information content (AvgIpc) is 3.04. The first-order valence-corrected chi connectivity index (χ1v) is 7.89. The molecule has 7 heteroatoms. The van der Waals surface area contributed by atoms with Crippen molar-refractivity contribution in [2.45, 2.75) is 12.8 Å². The molecule has 2 heterocycles. The predicted octanol–water partition coefficient (Wildman–Crippen LogP) is 1.90. The van der Waals surface area contributed by atoms with Crippen molar-refractivity contribution in [3.8, 4) is 0 Å². The summed E-state index contributed by atoms with van der Waals surface area (Å²) in [6, 6.07) is 3.51. The number of carbonyl (C=O) groups excluding carboxylic acids is 2. The van der Waals surface area contributed by atoms with Gasteiger partial charge in [0.15, 0.2) is 0 Å². The molecule has 24 heavy (non-hydrogen) atoms. The third-order valence-electron chi connectivity index (χ3n) is 3.62. The van der Waals surface area contributed by atoms with E-state index in [-0.39, 0.29) is 11.8 Å². The molecule has 0 aliphatic rings. The van der Waals surface area contributed by atoms with Gasteiger partial charge in [-0.3, -0.25) is 9.59 Å². The molecule has 2 N–H and O–H groups in total. The van der Waals surface area contributed by atoms with E-state index in [1.165, 1.54) is 0 Å². The van der Waals surface area contributed by atoms with E-state index in [1.807, 2.05) is 49.1 Å². The molecular formula is C17H25N5O2. The molecule has 0 saturated carbocycles. The summed E-state index contributed by atoms with van der Waals surface area (Å²) in [6.45, 7) is 0.868. The highest BCUT2D eigenvalue weighted by Crippen LogP contribution is 2.16. The lowest BCUT2D eigenvalue weighted by molar-refractivity contribution is -0.116. The Labute approximate surface area is 142 Å². The smallest absolute Gasteiger partial charge is 0.272 e. The van der Waals surface area contributed by atoms with E-state index < -0.39 is 0 Å². The molecule has 2 aromatic heterocycles. The summed E-state index contributed by atoms with van der Waals surface area (Å²) in [5.41, 5.74) is 1.85. The second-order valence-electron chi connectivity index (χ2n) is 6.20. The van der Waals surface area contributed by atoms with Gasteiger partial charge in [-0.25, -0.2) is 0 Å². The number of nitrogens with zero attached hydrogens (tertiary/aromatic N) is 3. The van der Waals surface area contributed by atoms with Crippen molar-refractivity contribution >= 4 is 23.2 Å². The molecule has 2 amide bonds. The summed E-state index contributed by atoms with van der Waals surface area (Å²) in [6.07, 6.45) is 6.68. The van der Waals surface area contributed by atoms with Crippen LogP contribution in [0.2, 0.25) is 0 Å². The minimum absolute atomic E-state index is 0.0440. The van der Waals surface area contributed by atoms with Crippen LogP contribution in [0.4, 0.5) is 11.4 Å². The van der Waals surface area contributed by atoms with Gasteiger partial charge in [0.2, 0.25) is 5.91 Å². The van der Waals surface area contributed by atoms with E-state index in [9.17, 15) is 9.59 Å². The standard InChI is InChI=1S/C17H25N5O2/c1-20(2)8-5-6-16(23)18-14-10-15(22(4)12-14)17(24)19-13-7-9-21(3)11-13/h7,9-12H,5-6,8H2,1-4H3,(H,18,23)(H,19,24). The van der Waals surface area contributed by atoms with Crippen molar-refractivity contribution < 1.29 is 9.59 Å². The highest BCUT2D eigenvalue weighted by atomic mass is 16.2. The first-order valence-electron chi connectivity index (χ1n) is 7.89. The maximum atomic E-state index is 12.3. The van der Waals surface area contributed by atoms with Crippen LogP contribution < -0.4 is 10.6 Å². The van der Waals surface area contributed by atoms with Gasteiger partial charge in [-0.05, 0) is 39.2 Å². The van der Waals surface area contributed by atoms with Gasteiger partial charge in [-0.1, -0.05) is 0 Å². The second-order valence-corrected chi connectivity index (χ2v) is 6.20. The number of hydrogen-bond donors (Lipinski definition) is 2. The lowest BCUT2D eigenvalue weighted by Crippen LogP contribution is -2.17. The topological polar surface area (TPSA) is 71.3 Å². The fourth-order valence-corrected chi connectivity index (χ4v) is 2.41. The van der Waals surface area contributed by atoms with E-state index in [4.69, 9.17) is 0 Å². The van der Waals surface area contributed by atoms with Gasteiger partial charge in [0, 0.05) is 39.1 Å². The van der Waals surface area contributed by atoms with E-state index in [0.717, 1.165) is 18.7 Å². The second kappa shape index (κ2) is 7.83. The van der Waals surface area contributed by atoms with E-state index in [0.29, 0.717) is 17.8 Å². The van der Waals surface area contributed by atoms with Gasteiger partial charge in [-0.2, -0.15) is 0 Å². The van der Waals surface area contributed by atoms with E-state index in [1.54, 1.807) is 23.9 Å². The maximum Gasteiger partial charge on any atom is 0.272 e. The first kappa shape index (κ1) is 17.8. The van der Waals surface area contributed by atoms with Crippen molar-refractivity contribution in [1.82, 2.24) is 14.0 Å². The van der Waals surface area contributed by atoms with Crippen molar-refractivity contribution in [2.24, 2.45) is 14.1 Å². The van der Waals surface area contributed by atoms with Gasteiger partial charge in [0.05, 0.1) is 11.4 Å². The third kappa shape index (κ3) is 4.99. The largest absolute Gasteiger partial charge is 0.355 e. The van der Waals surface area contributed by atoms with Gasteiger partial charge < -0.3 is 24.7 Å². The van der Waals surface area contributed by atoms with E-state index >= 15 is 0 Å². The van der Waals surface area contributed by atoms with Crippen LogP contribution >= 0.6 is 0 Å². The van der Waals surface area contributed by atoms with Crippen molar-refractivity contribution in [3.63, 3.8) is 0 Å². The Morgan fingerprint density at radius 1 is 1.12 bits per heavy atom. The lowest BCUT2D eigenvalue weighted by atomic mass is 10.3. The zero-order valence-corrected chi connectivity index (χ0v) is 14.7. The summed E-state index contributed by atoms with van der Waals surface area (Å²) in [5.74, 6) is -0.255. The molecule has 0 aliphatic carbocycles. The molecule has 130 valence electrons. The van der Waals surface area contributed by atoms with Crippen LogP contribution in [-0.2, 0) is 18.9 Å². The summed E-state index contributed by atoms with van der Waals surface area (Å²) in [7, 11) is 7.63. The molecule has 0 atom stereocenters. The number of amides is 2. The van der Waals surface area contributed by atoms with Crippen LogP contribution in [0.1, 0.15) is 23.3 Å². The number of aromatic nitrogens is 2. The molecule has 0 radical (unpaired) electrons. The minimum atomic E-state index is -0.211. The van der Waals surface area contributed by atoms with Crippen molar-refractivity contribution in [3.05, 3.63) is 36.4 Å². The fraction of sp³-hybridized carbons (Fsp3) is 0.412. The zero-order valence-electron chi connectivity index (χ0n) is 14.7. The molecule has 0 aliphatic heterocycles. The third-order valence-corrected chi connectivity index (χ3v) is 3.62. The van der Waals surface area contributed by atoms with Gasteiger partial charge >= 0.3 is 0 Å². The van der Waals surface area contributed by atoms with Crippen molar-refractivity contribution in [2.75, 3.05) is 31.3 Å². The Morgan fingerprint density at radius 3 is 2.50 bits per heavy atom.